The fourth-order valence-electron chi connectivity index (χ4n) is 3.53. The van der Waals surface area contributed by atoms with Crippen molar-refractivity contribution in [2.45, 2.75) is 12.3 Å². The van der Waals surface area contributed by atoms with Gasteiger partial charge in [-0.2, -0.15) is 0 Å². The van der Waals surface area contributed by atoms with Crippen molar-refractivity contribution in [3.05, 3.63) is 60.3 Å². The predicted octanol–water partition coefficient (Wildman–Crippen LogP) is 3.23. The number of aryl methyl sites for hydroxylation is 1. The van der Waals surface area contributed by atoms with Crippen molar-refractivity contribution >= 4 is 28.4 Å². The molecule has 0 spiro atoms. The van der Waals surface area contributed by atoms with Gasteiger partial charge in [-0.15, -0.1) is 0 Å². The number of ether oxygens (including phenoxy) is 1. The highest BCUT2D eigenvalue weighted by molar-refractivity contribution is 6.23. The predicted molar refractivity (Wildman–Crippen MR) is 95.8 cm³/mol. The molecule has 0 radical (unpaired) electrons. The molecular weight excluding hydrogens is 316 g/mol. The summed E-state index contributed by atoms with van der Waals surface area (Å²) in [5.74, 6) is -0.103. The van der Waals surface area contributed by atoms with E-state index >= 15 is 0 Å². The first kappa shape index (κ1) is 15.4. The minimum absolute atomic E-state index is 0.173. The lowest BCUT2D eigenvalue weighted by Crippen LogP contribution is -2.29. The number of aromatic nitrogens is 1. The molecule has 0 N–H and O–H groups in total. The summed E-state index contributed by atoms with van der Waals surface area (Å²) in [7, 11) is 3.53. The number of anilines is 1. The Labute approximate surface area is 145 Å². The average Bonchev–Trinajstić information content (AvgIpc) is 3.12. The summed E-state index contributed by atoms with van der Waals surface area (Å²) in [6.07, 6.45) is 2.15. The summed E-state index contributed by atoms with van der Waals surface area (Å²) >= 11 is 0. The topological polar surface area (TPSA) is 51.5 Å². The largest absolute Gasteiger partial charge is 0.497 e. The van der Waals surface area contributed by atoms with Gasteiger partial charge in [-0.1, -0.05) is 18.2 Å². The summed E-state index contributed by atoms with van der Waals surface area (Å²) in [6.45, 7) is 0. The molecule has 1 aliphatic rings. The zero-order valence-corrected chi connectivity index (χ0v) is 14.1. The molecule has 0 bridgehead atoms. The van der Waals surface area contributed by atoms with E-state index in [1.807, 2.05) is 42.1 Å². The maximum absolute atomic E-state index is 13.0. The van der Waals surface area contributed by atoms with Crippen molar-refractivity contribution < 1.29 is 14.3 Å². The molecule has 126 valence electrons. The van der Waals surface area contributed by atoms with E-state index < -0.39 is 5.92 Å². The minimum atomic E-state index is -0.444. The second-order valence-electron chi connectivity index (χ2n) is 6.23. The van der Waals surface area contributed by atoms with Crippen LogP contribution in [0.25, 0.3) is 10.9 Å². The molecular formula is C20H18N2O3. The van der Waals surface area contributed by atoms with Gasteiger partial charge in [0.1, 0.15) is 5.75 Å². The zero-order chi connectivity index (χ0) is 17.6. The molecule has 2 aromatic carbocycles. The Kier molecular flexibility index (Phi) is 3.57. The molecule has 1 aliphatic heterocycles. The number of benzene rings is 2. The second kappa shape index (κ2) is 5.77. The van der Waals surface area contributed by atoms with Gasteiger partial charge in [0.25, 0.3) is 0 Å². The van der Waals surface area contributed by atoms with Crippen molar-refractivity contribution in [2.24, 2.45) is 7.05 Å². The van der Waals surface area contributed by atoms with Crippen LogP contribution in [0, 0.1) is 0 Å². The Hall–Kier alpha value is -3.08. The number of carbonyl (C=O) groups is 2. The number of amides is 2. The molecule has 1 saturated heterocycles. The molecule has 5 heteroatoms. The van der Waals surface area contributed by atoms with Crippen molar-refractivity contribution in [1.29, 1.82) is 0 Å². The molecule has 4 rings (SSSR count). The van der Waals surface area contributed by atoms with Crippen LogP contribution in [0.15, 0.2) is 54.7 Å². The number of carbonyl (C=O) groups excluding carboxylic acids is 2. The quantitative estimate of drug-likeness (QED) is 0.691. The van der Waals surface area contributed by atoms with Crippen LogP contribution in [0.5, 0.6) is 5.75 Å². The molecule has 1 fully saturated rings. The van der Waals surface area contributed by atoms with E-state index in [2.05, 4.69) is 0 Å². The van der Waals surface area contributed by atoms with E-state index in [-0.39, 0.29) is 18.2 Å². The highest BCUT2D eigenvalue weighted by Crippen LogP contribution is 2.37. The van der Waals surface area contributed by atoms with Crippen LogP contribution >= 0.6 is 0 Å². The number of rotatable bonds is 3. The van der Waals surface area contributed by atoms with E-state index in [1.54, 1.807) is 31.4 Å². The molecule has 0 saturated carbocycles. The number of hydrogen-bond donors (Lipinski definition) is 0. The number of nitrogens with zero attached hydrogens (tertiary/aromatic N) is 2. The first-order chi connectivity index (χ1) is 12.1. The van der Waals surface area contributed by atoms with Crippen LogP contribution in [-0.2, 0) is 16.6 Å². The molecule has 2 amide bonds. The number of para-hydroxylation sites is 1. The van der Waals surface area contributed by atoms with Gasteiger partial charge in [0.2, 0.25) is 11.8 Å². The summed E-state index contributed by atoms with van der Waals surface area (Å²) < 4.78 is 7.13. The van der Waals surface area contributed by atoms with Gasteiger partial charge in [0.05, 0.1) is 18.7 Å². The number of methoxy groups -OCH3 is 1. The lowest BCUT2D eigenvalue weighted by Gasteiger charge is -2.15. The fraction of sp³-hybridized carbons (Fsp3) is 0.200. The Balaban J connectivity index is 1.73. The van der Waals surface area contributed by atoms with Gasteiger partial charge in [0.15, 0.2) is 0 Å². The van der Waals surface area contributed by atoms with Gasteiger partial charge in [-0.05, 0) is 35.9 Å². The summed E-state index contributed by atoms with van der Waals surface area (Å²) in [5, 5.41) is 1.02. The molecule has 2 heterocycles. The first-order valence-corrected chi connectivity index (χ1v) is 8.15. The number of hydrogen-bond acceptors (Lipinski definition) is 3. The third-order valence-electron chi connectivity index (χ3n) is 4.78. The highest BCUT2D eigenvalue weighted by Gasteiger charge is 2.41. The lowest BCUT2D eigenvalue weighted by molar-refractivity contribution is -0.121. The van der Waals surface area contributed by atoms with Gasteiger partial charge in [-0.3, -0.25) is 14.5 Å². The normalized spacial score (nSPS) is 17.5. The minimum Gasteiger partial charge on any atom is -0.497 e. The molecule has 5 nitrogen and oxygen atoms in total. The van der Waals surface area contributed by atoms with Crippen LogP contribution in [0.4, 0.5) is 5.69 Å². The Morgan fingerprint density at radius 3 is 2.48 bits per heavy atom. The lowest BCUT2D eigenvalue weighted by atomic mass is 9.97. The molecule has 25 heavy (non-hydrogen) atoms. The van der Waals surface area contributed by atoms with E-state index in [9.17, 15) is 9.59 Å². The molecule has 1 atom stereocenters. The Morgan fingerprint density at radius 1 is 1.04 bits per heavy atom. The zero-order valence-electron chi connectivity index (χ0n) is 14.1. The van der Waals surface area contributed by atoms with Crippen molar-refractivity contribution in [3.8, 4) is 5.75 Å². The van der Waals surface area contributed by atoms with Crippen molar-refractivity contribution in [2.75, 3.05) is 12.0 Å². The van der Waals surface area contributed by atoms with E-state index in [0.29, 0.717) is 11.4 Å². The summed E-state index contributed by atoms with van der Waals surface area (Å²) in [5.41, 5.74) is 2.55. The first-order valence-electron chi connectivity index (χ1n) is 8.15. The van der Waals surface area contributed by atoms with Gasteiger partial charge in [-0.25, -0.2) is 0 Å². The van der Waals surface area contributed by atoms with Gasteiger partial charge in [0, 0.05) is 30.6 Å². The Morgan fingerprint density at radius 2 is 1.76 bits per heavy atom. The van der Waals surface area contributed by atoms with Crippen LogP contribution in [0.2, 0.25) is 0 Å². The highest BCUT2D eigenvalue weighted by atomic mass is 16.5. The maximum Gasteiger partial charge on any atom is 0.241 e. The van der Waals surface area contributed by atoms with Crippen LogP contribution in [0.3, 0.4) is 0 Å². The standard InChI is InChI=1S/C20H18N2O3/c1-21-12-17(15-5-3-4-6-18(15)21)16-11-19(23)22(20(16)24)13-7-9-14(25-2)10-8-13/h3-10,12,16H,11H2,1-2H3/t16-/m1/s1. The molecule has 0 unspecified atom stereocenters. The van der Waals surface area contributed by atoms with Crippen molar-refractivity contribution in [1.82, 2.24) is 4.57 Å². The summed E-state index contributed by atoms with van der Waals surface area (Å²) in [6, 6.07) is 14.9. The monoisotopic (exact) mass is 334 g/mol. The number of fused-ring (bicyclic) bond motifs is 1. The van der Waals surface area contributed by atoms with Crippen LogP contribution in [-0.4, -0.2) is 23.5 Å². The molecule has 1 aromatic heterocycles. The van der Waals surface area contributed by atoms with Crippen LogP contribution < -0.4 is 9.64 Å². The van der Waals surface area contributed by atoms with Gasteiger partial charge < -0.3 is 9.30 Å². The smallest absolute Gasteiger partial charge is 0.241 e. The van der Waals surface area contributed by atoms with E-state index in [4.69, 9.17) is 4.74 Å². The van der Waals surface area contributed by atoms with Crippen molar-refractivity contribution in [3.63, 3.8) is 0 Å². The fourth-order valence-corrected chi connectivity index (χ4v) is 3.53. The second-order valence-corrected chi connectivity index (χ2v) is 6.23. The third-order valence-corrected chi connectivity index (χ3v) is 4.78. The van der Waals surface area contributed by atoms with E-state index in [0.717, 1.165) is 16.5 Å². The Bertz CT molecular complexity index is 972. The van der Waals surface area contributed by atoms with E-state index in [1.165, 1.54) is 4.90 Å². The third kappa shape index (κ3) is 2.39. The number of imide groups is 1. The van der Waals surface area contributed by atoms with Gasteiger partial charge >= 0.3 is 0 Å². The van der Waals surface area contributed by atoms with Crippen LogP contribution in [0.1, 0.15) is 17.9 Å². The summed E-state index contributed by atoms with van der Waals surface area (Å²) in [4.78, 5) is 26.8. The SMILES string of the molecule is COc1ccc(N2C(=O)C[C@H](c3cn(C)c4ccccc34)C2=O)cc1. The maximum atomic E-state index is 13.0. The molecule has 3 aromatic rings. The molecule has 0 aliphatic carbocycles. The average molecular weight is 334 g/mol.